The van der Waals surface area contributed by atoms with Gasteiger partial charge in [-0.15, -0.1) is 0 Å². The smallest absolute Gasteiger partial charge is 0.189 e. The minimum atomic E-state index is -3.34. The Morgan fingerprint density at radius 3 is 2.25 bits per heavy atom. The molecule has 0 bridgehead atoms. The molecular formula is C16H14O3S. The standard InChI is InChI=1S/C16H14O3S/c1-19-15-11-9-14(10-12-15)6-5-13-20(17,18)16-7-3-2-4-8-16/h2-4,7-12H,13H2,1H3. The normalized spacial score (nSPS) is 10.4. The first-order chi connectivity index (χ1) is 9.62. The molecular weight excluding hydrogens is 272 g/mol. The van der Waals surface area contributed by atoms with Crippen LogP contribution in [0.4, 0.5) is 0 Å². The lowest BCUT2D eigenvalue weighted by atomic mass is 10.2. The molecule has 0 aliphatic carbocycles. The predicted octanol–water partition coefficient (Wildman–Crippen LogP) is 2.52. The van der Waals surface area contributed by atoms with Crippen LogP contribution in [0.1, 0.15) is 5.56 Å². The van der Waals surface area contributed by atoms with Crippen molar-refractivity contribution < 1.29 is 13.2 Å². The lowest BCUT2D eigenvalue weighted by molar-refractivity contribution is 0.415. The van der Waals surface area contributed by atoms with Crippen LogP contribution in [0.15, 0.2) is 59.5 Å². The van der Waals surface area contributed by atoms with Crippen molar-refractivity contribution in [2.45, 2.75) is 4.90 Å². The van der Waals surface area contributed by atoms with Crippen LogP contribution < -0.4 is 4.74 Å². The minimum absolute atomic E-state index is 0.191. The first-order valence-corrected chi connectivity index (χ1v) is 7.68. The Morgan fingerprint density at radius 1 is 1.00 bits per heavy atom. The Labute approximate surface area is 119 Å². The minimum Gasteiger partial charge on any atom is -0.497 e. The summed E-state index contributed by atoms with van der Waals surface area (Å²) in [5.41, 5.74) is 0.758. The van der Waals surface area contributed by atoms with E-state index in [-0.39, 0.29) is 5.75 Å². The van der Waals surface area contributed by atoms with E-state index >= 15 is 0 Å². The fourth-order valence-corrected chi connectivity index (χ4v) is 2.62. The van der Waals surface area contributed by atoms with Gasteiger partial charge < -0.3 is 4.74 Å². The highest BCUT2D eigenvalue weighted by molar-refractivity contribution is 7.91. The third kappa shape index (κ3) is 3.62. The molecule has 0 unspecified atom stereocenters. The molecule has 0 saturated carbocycles. The summed E-state index contributed by atoms with van der Waals surface area (Å²) in [6.07, 6.45) is 0. The van der Waals surface area contributed by atoms with Crippen molar-refractivity contribution in [2.75, 3.05) is 12.9 Å². The molecule has 2 aromatic rings. The molecule has 4 heteroatoms. The summed E-state index contributed by atoms with van der Waals surface area (Å²) in [4.78, 5) is 0.295. The first kappa shape index (κ1) is 14.2. The molecule has 0 saturated heterocycles. The third-order valence-electron chi connectivity index (χ3n) is 2.69. The number of hydrogen-bond donors (Lipinski definition) is 0. The molecule has 102 valence electrons. The van der Waals surface area contributed by atoms with E-state index in [1.165, 1.54) is 0 Å². The summed E-state index contributed by atoms with van der Waals surface area (Å²) >= 11 is 0. The van der Waals surface area contributed by atoms with Crippen LogP contribution in [0.2, 0.25) is 0 Å². The van der Waals surface area contributed by atoms with Gasteiger partial charge in [0, 0.05) is 5.56 Å². The molecule has 20 heavy (non-hydrogen) atoms. The van der Waals surface area contributed by atoms with Crippen LogP contribution in [0, 0.1) is 11.8 Å². The van der Waals surface area contributed by atoms with E-state index < -0.39 is 9.84 Å². The highest BCUT2D eigenvalue weighted by Crippen LogP contribution is 2.11. The van der Waals surface area contributed by atoms with Crippen LogP contribution in [0.25, 0.3) is 0 Å². The SMILES string of the molecule is COc1ccc(C#CCS(=O)(=O)c2ccccc2)cc1. The van der Waals surface area contributed by atoms with Crippen molar-refractivity contribution in [1.82, 2.24) is 0 Å². The van der Waals surface area contributed by atoms with E-state index in [2.05, 4.69) is 11.8 Å². The van der Waals surface area contributed by atoms with Crippen LogP contribution >= 0.6 is 0 Å². The molecule has 0 aliphatic rings. The molecule has 3 nitrogen and oxygen atoms in total. The monoisotopic (exact) mass is 286 g/mol. The zero-order chi connectivity index (χ0) is 14.4. The molecule has 0 heterocycles. The second kappa shape index (κ2) is 6.27. The van der Waals surface area contributed by atoms with E-state index in [4.69, 9.17) is 4.74 Å². The fraction of sp³-hybridized carbons (Fsp3) is 0.125. The maximum atomic E-state index is 12.0. The maximum absolute atomic E-state index is 12.0. The van der Waals surface area contributed by atoms with Gasteiger partial charge in [0.05, 0.1) is 12.0 Å². The number of rotatable bonds is 3. The van der Waals surface area contributed by atoms with Gasteiger partial charge in [0.15, 0.2) is 9.84 Å². The lowest BCUT2D eigenvalue weighted by Crippen LogP contribution is -2.04. The second-order valence-corrected chi connectivity index (χ2v) is 6.09. The van der Waals surface area contributed by atoms with Crippen molar-refractivity contribution in [2.24, 2.45) is 0 Å². The Morgan fingerprint density at radius 2 is 1.65 bits per heavy atom. The average Bonchev–Trinajstić information content (AvgIpc) is 2.49. The van der Waals surface area contributed by atoms with Crippen molar-refractivity contribution in [3.8, 4) is 17.6 Å². The molecule has 0 N–H and O–H groups in total. The summed E-state index contributed by atoms with van der Waals surface area (Å²) in [6.45, 7) is 0. The zero-order valence-electron chi connectivity index (χ0n) is 11.0. The van der Waals surface area contributed by atoms with Crippen molar-refractivity contribution in [3.63, 3.8) is 0 Å². The lowest BCUT2D eigenvalue weighted by Gasteiger charge is -1.99. The zero-order valence-corrected chi connectivity index (χ0v) is 11.9. The van der Waals surface area contributed by atoms with Gasteiger partial charge in [0.25, 0.3) is 0 Å². The van der Waals surface area contributed by atoms with Gasteiger partial charge >= 0.3 is 0 Å². The molecule has 0 amide bonds. The van der Waals surface area contributed by atoms with E-state index in [1.54, 1.807) is 61.7 Å². The topological polar surface area (TPSA) is 43.4 Å². The van der Waals surface area contributed by atoms with E-state index in [0.717, 1.165) is 11.3 Å². The van der Waals surface area contributed by atoms with Gasteiger partial charge in [-0.3, -0.25) is 0 Å². The number of ether oxygens (including phenoxy) is 1. The number of benzene rings is 2. The largest absolute Gasteiger partial charge is 0.497 e. The Hall–Kier alpha value is -2.25. The van der Waals surface area contributed by atoms with Crippen LogP contribution in [-0.4, -0.2) is 21.3 Å². The highest BCUT2D eigenvalue weighted by atomic mass is 32.2. The second-order valence-electron chi connectivity index (χ2n) is 4.10. The molecule has 2 aromatic carbocycles. The fourth-order valence-electron chi connectivity index (χ4n) is 1.62. The molecule has 0 aromatic heterocycles. The van der Waals surface area contributed by atoms with E-state index in [1.807, 2.05) is 0 Å². The van der Waals surface area contributed by atoms with Crippen molar-refractivity contribution in [3.05, 3.63) is 60.2 Å². The summed E-state index contributed by atoms with van der Waals surface area (Å²) in [7, 11) is -1.75. The van der Waals surface area contributed by atoms with Gasteiger partial charge in [-0.2, -0.15) is 0 Å². The van der Waals surface area contributed by atoms with Crippen molar-refractivity contribution in [1.29, 1.82) is 0 Å². The first-order valence-electron chi connectivity index (χ1n) is 6.02. The Bertz CT molecular complexity index is 721. The number of hydrogen-bond acceptors (Lipinski definition) is 3. The van der Waals surface area contributed by atoms with Gasteiger partial charge in [0.2, 0.25) is 0 Å². The summed E-state index contributed by atoms with van der Waals surface area (Å²) in [5.74, 6) is 6.09. The predicted molar refractivity (Wildman–Crippen MR) is 78.4 cm³/mol. The summed E-state index contributed by atoms with van der Waals surface area (Å²) in [6, 6.07) is 15.5. The number of methoxy groups -OCH3 is 1. The van der Waals surface area contributed by atoms with Crippen LogP contribution in [0.5, 0.6) is 5.75 Å². The molecule has 0 atom stereocenters. The third-order valence-corrected chi connectivity index (χ3v) is 4.20. The molecule has 2 rings (SSSR count). The highest BCUT2D eigenvalue weighted by Gasteiger charge is 2.11. The van der Waals surface area contributed by atoms with Crippen LogP contribution in [-0.2, 0) is 9.84 Å². The molecule has 0 spiro atoms. The maximum Gasteiger partial charge on any atom is 0.189 e. The Balaban J connectivity index is 2.10. The Kier molecular flexibility index (Phi) is 4.44. The van der Waals surface area contributed by atoms with E-state index in [0.29, 0.717) is 4.90 Å². The molecule has 0 aliphatic heterocycles. The van der Waals surface area contributed by atoms with Gasteiger partial charge in [-0.05, 0) is 36.4 Å². The number of sulfone groups is 1. The van der Waals surface area contributed by atoms with Gasteiger partial charge in [-0.25, -0.2) is 8.42 Å². The molecule has 0 radical (unpaired) electrons. The van der Waals surface area contributed by atoms with Gasteiger partial charge in [-0.1, -0.05) is 30.0 Å². The summed E-state index contributed by atoms with van der Waals surface area (Å²) in [5, 5.41) is 0. The van der Waals surface area contributed by atoms with Gasteiger partial charge in [0.1, 0.15) is 11.5 Å². The van der Waals surface area contributed by atoms with Crippen molar-refractivity contribution >= 4 is 9.84 Å². The molecule has 0 fully saturated rings. The van der Waals surface area contributed by atoms with Crippen LogP contribution in [0.3, 0.4) is 0 Å². The van der Waals surface area contributed by atoms with E-state index in [9.17, 15) is 8.42 Å². The summed E-state index contributed by atoms with van der Waals surface area (Å²) < 4.78 is 29.0. The average molecular weight is 286 g/mol. The quantitative estimate of drug-likeness (QED) is 0.814.